The number of ether oxygens (including phenoxy) is 1. The first-order valence-electron chi connectivity index (χ1n) is 3.63. The number of oxazole rings is 1. The van der Waals surface area contributed by atoms with Crippen LogP contribution in [0.25, 0.3) is 0 Å². The predicted molar refractivity (Wildman–Crippen MR) is 38.5 cm³/mol. The molecule has 1 aromatic heterocycles. The molecule has 0 aromatic carbocycles. The van der Waals surface area contributed by atoms with Gasteiger partial charge in [0.15, 0.2) is 0 Å². The van der Waals surface area contributed by atoms with Crippen LogP contribution in [0.1, 0.15) is 11.5 Å². The molecule has 0 atom stereocenters. The third kappa shape index (κ3) is 1.09. The molecule has 1 aliphatic rings. The Morgan fingerprint density at radius 3 is 3.27 bits per heavy atom. The molecular formula is C7H10N2O2. The van der Waals surface area contributed by atoms with E-state index in [1.165, 1.54) is 0 Å². The highest BCUT2D eigenvalue weighted by Gasteiger charge is 2.16. The summed E-state index contributed by atoms with van der Waals surface area (Å²) in [4.78, 5) is 4.12. The average Bonchev–Trinajstić information content (AvgIpc) is 2.46. The van der Waals surface area contributed by atoms with Gasteiger partial charge in [0, 0.05) is 19.5 Å². The summed E-state index contributed by atoms with van der Waals surface area (Å²) in [6.07, 6.45) is 1.28. The van der Waals surface area contributed by atoms with E-state index in [1.54, 1.807) is 7.11 Å². The Morgan fingerprint density at radius 1 is 1.64 bits per heavy atom. The SMILES string of the molecule is COc1nc2c(o1)CCNC2. The fourth-order valence-electron chi connectivity index (χ4n) is 1.19. The van der Waals surface area contributed by atoms with E-state index < -0.39 is 0 Å². The third-order valence-corrected chi connectivity index (χ3v) is 1.75. The van der Waals surface area contributed by atoms with E-state index in [4.69, 9.17) is 9.15 Å². The average molecular weight is 154 g/mol. The first-order chi connectivity index (χ1) is 5.40. The van der Waals surface area contributed by atoms with Crippen LogP contribution in [0.15, 0.2) is 4.42 Å². The van der Waals surface area contributed by atoms with Crippen molar-refractivity contribution < 1.29 is 9.15 Å². The molecule has 0 bridgehead atoms. The largest absolute Gasteiger partial charge is 0.454 e. The van der Waals surface area contributed by atoms with Gasteiger partial charge in [0.1, 0.15) is 11.5 Å². The van der Waals surface area contributed by atoms with Crippen molar-refractivity contribution in [2.45, 2.75) is 13.0 Å². The Bertz CT molecular complexity index is 233. The second-order valence-electron chi connectivity index (χ2n) is 2.48. The van der Waals surface area contributed by atoms with Crippen LogP contribution in [0.5, 0.6) is 6.08 Å². The molecule has 0 saturated carbocycles. The lowest BCUT2D eigenvalue weighted by Gasteiger charge is -2.07. The van der Waals surface area contributed by atoms with Crippen LogP contribution < -0.4 is 10.1 Å². The molecule has 1 aromatic rings. The van der Waals surface area contributed by atoms with Gasteiger partial charge < -0.3 is 14.5 Å². The van der Waals surface area contributed by atoms with Crippen LogP contribution in [0.3, 0.4) is 0 Å². The molecule has 0 saturated heterocycles. The summed E-state index contributed by atoms with van der Waals surface area (Å²) in [6, 6.07) is 0. The van der Waals surface area contributed by atoms with Crippen molar-refractivity contribution >= 4 is 0 Å². The van der Waals surface area contributed by atoms with Gasteiger partial charge in [-0.25, -0.2) is 0 Å². The Kier molecular flexibility index (Phi) is 1.54. The second kappa shape index (κ2) is 2.54. The fourth-order valence-corrected chi connectivity index (χ4v) is 1.19. The lowest BCUT2D eigenvalue weighted by molar-refractivity contribution is 0.280. The van der Waals surface area contributed by atoms with Gasteiger partial charge in [-0.3, -0.25) is 0 Å². The molecule has 4 nitrogen and oxygen atoms in total. The number of fused-ring (bicyclic) bond motifs is 1. The molecule has 4 heteroatoms. The number of nitrogens with one attached hydrogen (secondary N) is 1. The highest BCUT2D eigenvalue weighted by molar-refractivity contribution is 5.14. The summed E-state index contributed by atoms with van der Waals surface area (Å²) in [5, 5.41) is 3.20. The molecule has 0 radical (unpaired) electrons. The van der Waals surface area contributed by atoms with Crippen LogP contribution in [0.2, 0.25) is 0 Å². The molecule has 0 unspecified atom stereocenters. The number of hydrogen-bond donors (Lipinski definition) is 1. The molecule has 0 spiro atoms. The first-order valence-corrected chi connectivity index (χ1v) is 3.63. The molecule has 1 aliphatic heterocycles. The number of hydrogen-bond acceptors (Lipinski definition) is 4. The molecule has 11 heavy (non-hydrogen) atoms. The van der Waals surface area contributed by atoms with E-state index in [2.05, 4.69) is 10.3 Å². The first kappa shape index (κ1) is 6.67. The third-order valence-electron chi connectivity index (χ3n) is 1.75. The predicted octanol–water partition coefficient (Wildman–Crippen LogP) is 0.329. The molecule has 60 valence electrons. The zero-order chi connectivity index (χ0) is 7.68. The summed E-state index contributed by atoms with van der Waals surface area (Å²) in [7, 11) is 1.56. The van der Waals surface area contributed by atoms with E-state index >= 15 is 0 Å². The van der Waals surface area contributed by atoms with Crippen molar-refractivity contribution in [3.8, 4) is 6.08 Å². The van der Waals surface area contributed by atoms with Gasteiger partial charge in [0.2, 0.25) is 0 Å². The van der Waals surface area contributed by atoms with E-state index in [0.29, 0.717) is 6.08 Å². The van der Waals surface area contributed by atoms with Gasteiger partial charge in [0.25, 0.3) is 0 Å². The Labute approximate surface area is 64.6 Å². The van der Waals surface area contributed by atoms with Gasteiger partial charge in [-0.15, -0.1) is 0 Å². The quantitative estimate of drug-likeness (QED) is 0.633. The number of rotatable bonds is 1. The fraction of sp³-hybridized carbons (Fsp3) is 0.571. The van der Waals surface area contributed by atoms with E-state index in [1.807, 2.05) is 0 Å². The van der Waals surface area contributed by atoms with E-state index in [9.17, 15) is 0 Å². The standard InChI is InChI=1S/C7H10N2O2/c1-10-7-9-5-4-8-3-2-6(5)11-7/h8H,2-4H2,1H3. The molecule has 2 rings (SSSR count). The van der Waals surface area contributed by atoms with Crippen molar-refractivity contribution in [2.75, 3.05) is 13.7 Å². The van der Waals surface area contributed by atoms with Crippen LogP contribution in [0, 0.1) is 0 Å². The highest BCUT2D eigenvalue weighted by atomic mass is 16.6. The molecular weight excluding hydrogens is 144 g/mol. The summed E-state index contributed by atoms with van der Waals surface area (Å²) in [6.45, 7) is 1.76. The highest BCUT2D eigenvalue weighted by Crippen LogP contribution is 2.19. The van der Waals surface area contributed by atoms with E-state index in [0.717, 1.165) is 31.0 Å². The molecule has 0 fully saturated rings. The lowest BCUT2D eigenvalue weighted by atomic mass is 10.2. The van der Waals surface area contributed by atoms with Crippen molar-refractivity contribution in [1.82, 2.24) is 10.3 Å². The zero-order valence-corrected chi connectivity index (χ0v) is 6.39. The van der Waals surface area contributed by atoms with Crippen LogP contribution >= 0.6 is 0 Å². The van der Waals surface area contributed by atoms with Gasteiger partial charge in [-0.1, -0.05) is 0 Å². The number of aromatic nitrogens is 1. The van der Waals surface area contributed by atoms with Crippen molar-refractivity contribution in [1.29, 1.82) is 0 Å². The van der Waals surface area contributed by atoms with Crippen molar-refractivity contribution in [2.24, 2.45) is 0 Å². The van der Waals surface area contributed by atoms with Gasteiger partial charge in [0.05, 0.1) is 7.11 Å². The maximum Gasteiger partial charge on any atom is 0.393 e. The van der Waals surface area contributed by atoms with Gasteiger partial charge >= 0.3 is 6.08 Å². The summed E-state index contributed by atoms with van der Waals surface area (Å²) in [5.74, 6) is 0.959. The van der Waals surface area contributed by atoms with Crippen molar-refractivity contribution in [3.63, 3.8) is 0 Å². The summed E-state index contributed by atoms with van der Waals surface area (Å²) in [5.41, 5.74) is 0.980. The van der Waals surface area contributed by atoms with Crippen LogP contribution in [-0.2, 0) is 13.0 Å². The maximum atomic E-state index is 5.28. The second-order valence-corrected chi connectivity index (χ2v) is 2.48. The molecule has 0 aliphatic carbocycles. The summed E-state index contributed by atoms with van der Waals surface area (Å²) >= 11 is 0. The topological polar surface area (TPSA) is 47.3 Å². The minimum atomic E-state index is 0.374. The van der Waals surface area contributed by atoms with Crippen LogP contribution in [-0.4, -0.2) is 18.6 Å². The van der Waals surface area contributed by atoms with Crippen LogP contribution in [0.4, 0.5) is 0 Å². The minimum Gasteiger partial charge on any atom is -0.454 e. The summed E-state index contributed by atoms with van der Waals surface area (Å²) < 4.78 is 10.1. The molecule has 2 heterocycles. The normalized spacial score (nSPS) is 16.1. The van der Waals surface area contributed by atoms with Gasteiger partial charge in [-0.2, -0.15) is 4.98 Å². The lowest BCUT2D eigenvalue weighted by Crippen LogP contribution is -2.22. The van der Waals surface area contributed by atoms with E-state index in [-0.39, 0.29) is 0 Å². The number of nitrogens with zero attached hydrogens (tertiary/aromatic N) is 1. The van der Waals surface area contributed by atoms with Crippen molar-refractivity contribution in [3.05, 3.63) is 11.5 Å². The number of methoxy groups -OCH3 is 1. The monoisotopic (exact) mass is 154 g/mol. The maximum absolute atomic E-state index is 5.28. The van der Waals surface area contributed by atoms with Gasteiger partial charge in [-0.05, 0) is 0 Å². The Balaban J connectivity index is 2.32. The molecule has 0 amide bonds. The smallest absolute Gasteiger partial charge is 0.393 e. The minimum absolute atomic E-state index is 0.374. The zero-order valence-electron chi connectivity index (χ0n) is 6.39. The Hall–Kier alpha value is -1.03. The molecule has 1 N–H and O–H groups in total. The Morgan fingerprint density at radius 2 is 2.55 bits per heavy atom.